The van der Waals surface area contributed by atoms with Crippen LogP contribution in [0.4, 0.5) is 11.8 Å². The van der Waals surface area contributed by atoms with Crippen LogP contribution in [0.25, 0.3) is 11.4 Å². The smallest absolute Gasteiger partial charge is 0.257 e. The van der Waals surface area contributed by atoms with Crippen LogP contribution in [-0.4, -0.2) is 30.6 Å². The van der Waals surface area contributed by atoms with E-state index in [4.69, 9.17) is 28.3 Å². The first kappa shape index (κ1) is 21.1. The molecule has 0 bridgehead atoms. The fraction of sp³-hybridized carbons (Fsp3) is 0.0870. The van der Waals surface area contributed by atoms with Crippen LogP contribution in [0.1, 0.15) is 18.5 Å². The molecule has 3 aromatic heterocycles. The van der Waals surface area contributed by atoms with Gasteiger partial charge in [-0.05, 0) is 48.9 Å². The topological polar surface area (TPSA) is 97.6 Å². The monoisotopic (exact) mass is 477 g/mol. The molecule has 2 N–H and O–H groups in total. The molecule has 1 atom stereocenters. The molecule has 10 heteroatoms. The summed E-state index contributed by atoms with van der Waals surface area (Å²) in [4.78, 5) is 26.4. The fourth-order valence-corrected chi connectivity index (χ4v) is 3.98. The van der Waals surface area contributed by atoms with E-state index in [1.807, 2.05) is 25.1 Å². The number of benzene rings is 1. The fourth-order valence-electron chi connectivity index (χ4n) is 3.67. The Hall–Kier alpha value is -3.75. The minimum atomic E-state index is -0.599. The predicted molar refractivity (Wildman–Crippen MR) is 127 cm³/mol. The number of carbonyl (C=O) groups is 1. The highest BCUT2D eigenvalue weighted by Crippen LogP contribution is 2.38. The highest BCUT2D eigenvalue weighted by molar-refractivity contribution is 6.42. The second-order valence-corrected chi connectivity index (χ2v) is 8.17. The van der Waals surface area contributed by atoms with E-state index < -0.39 is 6.04 Å². The number of hydrogen-bond donors (Lipinski definition) is 2. The first-order valence-electron chi connectivity index (χ1n) is 10.0. The summed E-state index contributed by atoms with van der Waals surface area (Å²) in [6.07, 6.45) is 4.98. The van der Waals surface area contributed by atoms with Crippen molar-refractivity contribution in [1.82, 2.24) is 24.7 Å². The molecule has 1 aromatic carbocycles. The first-order valence-corrected chi connectivity index (χ1v) is 10.8. The van der Waals surface area contributed by atoms with Gasteiger partial charge in [0.1, 0.15) is 11.9 Å². The Morgan fingerprint density at radius 3 is 2.70 bits per heavy atom. The van der Waals surface area contributed by atoms with Gasteiger partial charge in [0.2, 0.25) is 5.95 Å². The molecule has 1 amide bonds. The molecule has 0 fully saturated rings. The van der Waals surface area contributed by atoms with Gasteiger partial charge in [0.15, 0.2) is 5.82 Å². The summed E-state index contributed by atoms with van der Waals surface area (Å²) in [7, 11) is 0. The minimum Gasteiger partial charge on any atom is -0.328 e. The molecular formula is C23H17Cl2N7O. The van der Waals surface area contributed by atoms with Crippen LogP contribution in [0, 0.1) is 0 Å². The van der Waals surface area contributed by atoms with Crippen molar-refractivity contribution < 1.29 is 4.79 Å². The summed E-state index contributed by atoms with van der Waals surface area (Å²) >= 11 is 12.5. The highest BCUT2D eigenvalue weighted by Gasteiger charge is 2.35. The zero-order valence-corrected chi connectivity index (χ0v) is 18.8. The number of amides is 1. The number of carbonyl (C=O) groups excluding carboxylic acids is 1. The molecule has 5 rings (SSSR count). The molecule has 0 saturated heterocycles. The summed E-state index contributed by atoms with van der Waals surface area (Å²) < 4.78 is 1.67. The lowest BCUT2D eigenvalue weighted by molar-refractivity contribution is -0.113. The van der Waals surface area contributed by atoms with E-state index in [2.05, 4.69) is 25.6 Å². The van der Waals surface area contributed by atoms with Crippen molar-refractivity contribution in [1.29, 1.82) is 0 Å². The third-order valence-corrected chi connectivity index (χ3v) is 5.92. The van der Waals surface area contributed by atoms with E-state index in [0.29, 0.717) is 38.9 Å². The minimum absolute atomic E-state index is 0.321. The number of nitrogens with one attached hydrogen (secondary N) is 2. The average molecular weight is 478 g/mol. The van der Waals surface area contributed by atoms with Crippen LogP contribution in [0.2, 0.25) is 10.0 Å². The third-order valence-electron chi connectivity index (χ3n) is 5.18. The molecular weight excluding hydrogens is 461 g/mol. The number of hydrogen-bond acceptors (Lipinski definition) is 6. The second-order valence-electron chi connectivity index (χ2n) is 7.35. The van der Waals surface area contributed by atoms with Crippen molar-refractivity contribution >= 4 is 40.9 Å². The van der Waals surface area contributed by atoms with Crippen LogP contribution in [-0.2, 0) is 4.79 Å². The van der Waals surface area contributed by atoms with Gasteiger partial charge in [-0.1, -0.05) is 35.3 Å². The van der Waals surface area contributed by atoms with Gasteiger partial charge in [-0.15, -0.1) is 5.10 Å². The molecule has 33 heavy (non-hydrogen) atoms. The summed E-state index contributed by atoms with van der Waals surface area (Å²) in [5.41, 5.74) is 2.58. The van der Waals surface area contributed by atoms with Crippen LogP contribution >= 0.6 is 23.2 Å². The largest absolute Gasteiger partial charge is 0.328 e. The van der Waals surface area contributed by atoms with Gasteiger partial charge in [0.05, 0.1) is 15.6 Å². The predicted octanol–water partition coefficient (Wildman–Crippen LogP) is 4.97. The molecule has 0 radical (unpaired) electrons. The molecule has 0 aliphatic carbocycles. The number of rotatable bonds is 4. The van der Waals surface area contributed by atoms with Gasteiger partial charge in [0.25, 0.3) is 5.91 Å². The van der Waals surface area contributed by atoms with Crippen molar-refractivity contribution in [2.24, 2.45) is 0 Å². The highest BCUT2D eigenvalue weighted by atomic mass is 35.5. The summed E-state index contributed by atoms with van der Waals surface area (Å²) in [5, 5.41) is 11.6. The number of aromatic nitrogens is 5. The number of allylic oxidation sites excluding steroid dienone is 1. The van der Waals surface area contributed by atoms with Gasteiger partial charge < -0.3 is 10.6 Å². The first-order chi connectivity index (χ1) is 16.0. The maximum absolute atomic E-state index is 13.4. The standard InChI is InChI=1S/C23H17Cl2N7O/c1-13-19(22(33)29-18-6-2-3-10-27-18)20(14-7-8-16(24)17(25)11-14)32-23(28-13)30-21(31-32)15-5-4-9-26-12-15/h2-12,20H,1H3,(H,27,29,33)(H,28,30,31). The van der Waals surface area contributed by atoms with Crippen LogP contribution in [0.15, 0.2) is 78.4 Å². The van der Waals surface area contributed by atoms with Gasteiger partial charge in [-0.25, -0.2) is 9.67 Å². The Bertz CT molecular complexity index is 1370. The Labute approximate surface area is 199 Å². The number of pyridine rings is 2. The molecule has 0 spiro atoms. The molecule has 4 aromatic rings. The molecule has 1 unspecified atom stereocenters. The van der Waals surface area contributed by atoms with Crippen LogP contribution in [0.5, 0.6) is 0 Å². The molecule has 164 valence electrons. The van der Waals surface area contributed by atoms with E-state index in [1.54, 1.807) is 53.6 Å². The van der Waals surface area contributed by atoms with Gasteiger partial charge >= 0.3 is 0 Å². The summed E-state index contributed by atoms with van der Waals surface area (Å²) in [6, 6.07) is 13.6. The zero-order chi connectivity index (χ0) is 22.9. The number of nitrogens with zero attached hydrogens (tertiary/aromatic N) is 5. The summed E-state index contributed by atoms with van der Waals surface area (Å²) in [5.74, 6) is 1.10. The normalized spacial score (nSPS) is 15.1. The zero-order valence-electron chi connectivity index (χ0n) is 17.3. The lowest BCUT2D eigenvalue weighted by atomic mass is 9.95. The second kappa shape index (κ2) is 8.65. The van der Waals surface area contributed by atoms with E-state index in [9.17, 15) is 4.79 Å². The molecule has 0 saturated carbocycles. The Morgan fingerprint density at radius 2 is 1.97 bits per heavy atom. The summed E-state index contributed by atoms with van der Waals surface area (Å²) in [6.45, 7) is 1.82. The molecule has 1 aliphatic heterocycles. The lowest BCUT2D eigenvalue weighted by Gasteiger charge is -2.28. The maximum Gasteiger partial charge on any atom is 0.257 e. The van der Waals surface area contributed by atoms with Crippen molar-refractivity contribution in [3.63, 3.8) is 0 Å². The van der Waals surface area contributed by atoms with Gasteiger partial charge in [-0.2, -0.15) is 4.98 Å². The van der Waals surface area contributed by atoms with Crippen molar-refractivity contribution in [3.8, 4) is 11.4 Å². The van der Waals surface area contributed by atoms with Crippen molar-refractivity contribution in [3.05, 3.63) is 94.0 Å². The Kier molecular flexibility index (Phi) is 5.53. The van der Waals surface area contributed by atoms with Crippen LogP contribution in [0.3, 0.4) is 0 Å². The Balaban J connectivity index is 1.63. The molecule has 1 aliphatic rings. The number of fused-ring (bicyclic) bond motifs is 1. The average Bonchev–Trinajstić information content (AvgIpc) is 3.25. The third kappa shape index (κ3) is 4.06. The quantitative estimate of drug-likeness (QED) is 0.430. The van der Waals surface area contributed by atoms with Crippen molar-refractivity contribution in [2.45, 2.75) is 13.0 Å². The number of anilines is 2. The van der Waals surface area contributed by atoms with Crippen LogP contribution < -0.4 is 10.6 Å². The van der Waals surface area contributed by atoms with Crippen molar-refractivity contribution in [2.75, 3.05) is 10.6 Å². The number of halogens is 2. The van der Waals surface area contributed by atoms with Gasteiger partial charge in [0, 0.05) is 29.9 Å². The molecule has 8 nitrogen and oxygen atoms in total. The van der Waals surface area contributed by atoms with Gasteiger partial charge in [-0.3, -0.25) is 9.78 Å². The maximum atomic E-state index is 13.4. The molecule has 4 heterocycles. The lowest BCUT2D eigenvalue weighted by Crippen LogP contribution is -2.31. The van der Waals surface area contributed by atoms with E-state index in [-0.39, 0.29) is 5.91 Å². The Morgan fingerprint density at radius 1 is 1.09 bits per heavy atom. The van der Waals surface area contributed by atoms with E-state index in [1.165, 1.54) is 0 Å². The van der Waals surface area contributed by atoms with E-state index >= 15 is 0 Å². The van der Waals surface area contributed by atoms with E-state index in [0.717, 1.165) is 11.1 Å². The SMILES string of the molecule is CC1=C(C(=O)Nc2ccccn2)C(c2ccc(Cl)c(Cl)c2)n2nc(-c3cccnc3)nc2N1.